The number of sulfonamides is 1. The van der Waals surface area contributed by atoms with E-state index in [1.165, 1.54) is 24.3 Å². The summed E-state index contributed by atoms with van der Waals surface area (Å²) in [5.41, 5.74) is 2.37. The first-order valence-electron chi connectivity index (χ1n) is 9.42. The van der Waals surface area contributed by atoms with Crippen LogP contribution in [-0.4, -0.2) is 30.8 Å². The van der Waals surface area contributed by atoms with Crippen molar-refractivity contribution in [3.8, 4) is 0 Å². The largest absolute Gasteiger partial charge is 0.361 e. The van der Waals surface area contributed by atoms with Crippen LogP contribution in [0.15, 0.2) is 59.6 Å². The van der Waals surface area contributed by atoms with Gasteiger partial charge in [0, 0.05) is 33.5 Å². The molecule has 7 nitrogen and oxygen atoms in total. The van der Waals surface area contributed by atoms with Crippen molar-refractivity contribution in [2.45, 2.75) is 18.2 Å². The van der Waals surface area contributed by atoms with Crippen LogP contribution in [0, 0.1) is 6.92 Å². The molecule has 0 atom stereocenters. The number of nitrogens with one attached hydrogen (secondary N) is 3. The molecule has 1 amide bonds. The Kier molecular flexibility index (Phi) is 5.99. The lowest BCUT2D eigenvalue weighted by Gasteiger charge is -2.05. The lowest BCUT2D eigenvalue weighted by atomic mass is 10.1. The number of carbonyl (C=O) groups excluding carboxylic acids is 1. The van der Waals surface area contributed by atoms with Gasteiger partial charge in [0.2, 0.25) is 0 Å². The van der Waals surface area contributed by atoms with Gasteiger partial charge in [-0.25, -0.2) is 13.4 Å². The number of fused-ring (bicyclic) bond motifs is 1. The highest BCUT2D eigenvalue weighted by Crippen LogP contribution is 2.25. The predicted molar refractivity (Wildman–Crippen MR) is 123 cm³/mol. The first-order valence-corrected chi connectivity index (χ1v) is 12.1. The van der Waals surface area contributed by atoms with Gasteiger partial charge in [0.1, 0.15) is 5.69 Å². The summed E-state index contributed by atoms with van der Waals surface area (Å²) in [5, 5.41) is 4.56. The maximum absolute atomic E-state index is 12.6. The molecular formula is C21H19ClN4O3S2. The number of thiazole rings is 1. The zero-order chi connectivity index (χ0) is 22.0. The molecule has 4 aromatic rings. The molecule has 0 aliphatic rings. The molecule has 0 spiro atoms. The molecule has 2 aromatic carbocycles. The van der Waals surface area contributed by atoms with E-state index in [2.05, 4.69) is 20.0 Å². The molecule has 0 unspecified atom stereocenters. The molecule has 0 bridgehead atoms. The fraction of sp³-hybridized carbons (Fsp3) is 0.143. The van der Waals surface area contributed by atoms with Gasteiger partial charge in [0.25, 0.3) is 15.9 Å². The van der Waals surface area contributed by atoms with Gasteiger partial charge in [-0.3, -0.25) is 9.52 Å². The molecule has 2 heterocycles. The van der Waals surface area contributed by atoms with Crippen LogP contribution in [0.1, 0.15) is 20.9 Å². The molecule has 0 aliphatic heterocycles. The van der Waals surface area contributed by atoms with Crippen molar-refractivity contribution in [3.63, 3.8) is 0 Å². The van der Waals surface area contributed by atoms with Crippen LogP contribution in [0.4, 0.5) is 5.13 Å². The molecule has 0 aliphatic carbocycles. The van der Waals surface area contributed by atoms with Crippen molar-refractivity contribution in [2.24, 2.45) is 0 Å². The minimum atomic E-state index is -3.82. The van der Waals surface area contributed by atoms with E-state index in [-0.39, 0.29) is 21.6 Å². The van der Waals surface area contributed by atoms with E-state index in [9.17, 15) is 13.2 Å². The highest BCUT2D eigenvalue weighted by atomic mass is 35.5. The van der Waals surface area contributed by atoms with Gasteiger partial charge in [-0.15, -0.1) is 11.3 Å². The summed E-state index contributed by atoms with van der Waals surface area (Å²) >= 11 is 6.92. The molecule has 0 radical (unpaired) electrons. The highest BCUT2D eigenvalue weighted by Gasteiger charge is 2.20. The summed E-state index contributed by atoms with van der Waals surface area (Å²) in [6, 6.07) is 13.8. The highest BCUT2D eigenvalue weighted by molar-refractivity contribution is 7.93. The molecule has 160 valence electrons. The van der Waals surface area contributed by atoms with Gasteiger partial charge in [0.05, 0.1) is 4.90 Å². The Morgan fingerprint density at radius 2 is 1.90 bits per heavy atom. The normalized spacial score (nSPS) is 11.5. The monoisotopic (exact) mass is 474 g/mol. The lowest BCUT2D eigenvalue weighted by molar-refractivity contribution is 0.0949. The fourth-order valence-electron chi connectivity index (χ4n) is 3.17. The van der Waals surface area contributed by atoms with E-state index in [0.717, 1.165) is 27.8 Å². The summed E-state index contributed by atoms with van der Waals surface area (Å²) in [7, 11) is -3.82. The molecule has 0 fully saturated rings. The number of amides is 1. The number of aromatic nitrogens is 2. The maximum atomic E-state index is 12.6. The van der Waals surface area contributed by atoms with Crippen molar-refractivity contribution in [2.75, 3.05) is 11.3 Å². The molecular weight excluding hydrogens is 456 g/mol. The average molecular weight is 475 g/mol. The number of hydrogen-bond donors (Lipinski definition) is 3. The predicted octanol–water partition coefficient (Wildman–Crippen LogP) is 4.36. The zero-order valence-electron chi connectivity index (χ0n) is 16.5. The first-order chi connectivity index (χ1) is 14.8. The van der Waals surface area contributed by atoms with E-state index in [0.29, 0.717) is 22.9 Å². The Balaban J connectivity index is 1.41. The van der Waals surface area contributed by atoms with Crippen molar-refractivity contribution in [3.05, 3.63) is 75.9 Å². The van der Waals surface area contributed by atoms with E-state index in [4.69, 9.17) is 11.6 Å². The summed E-state index contributed by atoms with van der Waals surface area (Å²) < 4.78 is 27.5. The molecule has 0 saturated carbocycles. The molecule has 4 rings (SSSR count). The number of nitrogens with zero attached hydrogens (tertiary/aromatic N) is 1. The van der Waals surface area contributed by atoms with Crippen LogP contribution in [-0.2, 0) is 16.4 Å². The minimum absolute atomic E-state index is 0.0643. The van der Waals surface area contributed by atoms with E-state index in [1.54, 1.807) is 6.92 Å². The second-order valence-corrected chi connectivity index (χ2v) is 10.2. The van der Waals surface area contributed by atoms with Crippen molar-refractivity contribution in [1.82, 2.24) is 15.3 Å². The van der Waals surface area contributed by atoms with E-state index >= 15 is 0 Å². The van der Waals surface area contributed by atoms with Crippen LogP contribution < -0.4 is 10.0 Å². The summed E-state index contributed by atoms with van der Waals surface area (Å²) in [4.78, 5) is 20.7. The average Bonchev–Trinajstić information content (AvgIpc) is 3.31. The lowest BCUT2D eigenvalue weighted by Crippen LogP contribution is -2.26. The Morgan fingerprint density at radius 3 is 2.68 bits per heavy atom. The van der Waals surface area contributed by atoms with Crippen LogP contribution in [0.25, 0.3) is 10.9 Å². The Labute approximate surface area is 188 Å². The van der Waals surface area contributed by atoms with Crippen LogP contribution in [0.2, 0.25) is 5.02 Å². The number of carbonyl (C=O) groups is 1. The third-order valence-corrected chi connectivity index (χ3v) is 7.33. The van der Waals surface area contributed by atoms with Crippen molar-refractivity contribution < 1.29 is 13.2 Å². The number of hydrogen-bond acceptors (Lipinski definition) is 5. The number of aryl methyl sites for hydroxylation is 1. The second kappa shape index (κ2) is 8.70. The number of rotatable bonds is 7. The number of halogens is 1. The summed E-state index contributed by atoms with van der Waals surface area (Å²) in [6.45, 7) is 2.16. The summed E-state index contributed by atoms with van der Waals surface area (Å²) in [5.74, 6) is -0.342. The number of para-hydroxylation sites is 1. The van der Waals surface area contributed by atoms with E-state index < -0.39 is 10.0 Å². The Hall–Kier alpha value is -2.88. The first kappa shape index (κ1) is 21.4. The van der Waals surface area contributed by atoms with Gasteiger partial charge < -0.3 is 10.3 Å². The Morgan fingerprint density at radius 1 is 1.16 bits per heavy atom. The quantitative estimate of drug-likeness (QED) is 0.370. The zero-order valence-corrected chi connectivity index (χ0v) is 18.9. The SMILES string of the molecule is Cc1sc(NS(=O)(=O)c2ccc(Cl)cc2)nc1C(=O)NCCc1c[nH]c2ccccc12. The van der Waals surface area contributed by atoms with Crippen LogP contribution in [0.3, 0.4) is 0 Å². The molecule has 0 saturated heterocycles. The maximum Gasteiger partial charge on any atom is 0.271 e. The van der Waals surface area contributed by atoms with E-state index in [1.807, 2.05) is 30.5 Å². The third kappa shape index (κ3) is 4.73. The number of aromatic amines is 1. The molecule has 31 heavy (non-hydrogen) atoms. The van der Waals surface area contributed by atoms with Gasteiger partial charge in [0.15, 0.2) is 5.13 Å². The Bertz CT molecular complexity index is 1340. The second-order valence-electron chi connectivity index (χ2n) is 6.85. The number of anilines is 1. The van der Waals surface area contributed by atoms with Crippen molar-refractivity contribution in [1.29, 1.82) is 0 Å². The molecule has 10 heteroatoms. The van der Waals surface area contributed by atoms with Gasteiger partial charge in [-0.05, 0) is 49.2 Å². The van der Waals surface area contributed by atoms with Crippen molar-refractivity contribution >= 4 is 54.9 Å². The number of benzene rings is 2. The fourth-order valence-corrected chi connectivity index (χ4v) is 5.34. The minimum Gasteiger partial charge on any atom is -0.361 e. The van der Waals surface area contributed by atoms with Crippen LogP contribution in [0.5, 0.6) is 0 Å². The smallest absolute Gasteiger partial charge is 0.271 e. The topological polar surface area (TPSA) is 104 Å². The molecule has 2 aromatic heterocycles. The van der Waals surface area contributed by atoms with Gasteiger partial charge >= 0.3 is 0 Å². The van der Waals surface area contributed by atoms with Crippen LogP contribution >= 0.6 is 22.9 Å². The summed E-state index contributed by atoms with van der Waals surface area (Å²) in [6.07, 6.45) is 2.60. The molecule has 3 N–H and O–H groups in total. The third-order valence-electron chi connectivity index (χ3n) is 4.71. The van der Waals surface area contributed by atoms with Gasteiger partial charge in [-0.1, -0.05) is 29.8 Å². The number of H-pyrrole nitrogens is 1. The van der Waals surface area contributed by atoms with Gasteiger partial charge in [-0.2, -0.15) is 0 Å². The standard InChI is InChI=1S/C21H19ClN4O3S2/c1-13-19(20(27)23-11-10-14-12-24-18-5-3-2-4-17(14)18)25-21(30-13)26-31(28,29)16-8-6-15(22)7-9-16/h2-9,12,24H,10-11H2,1H3,(H,23,27)(H,25,26).